The number of hydrogen-bond donors (Lipinski definition) is 2. The van der Waals surface area contributed by atoms with Crippen LogP contribution in [-0.2, 0) is 0 Å². The number of fused-ring (bicyclic) bond motifs is 3. The van der Waals surface area contributed by atoms with E-state index in [0.29, 0.717) is 29.7 Å². The van der Waals surface area contributed by atoms with Crippen molar-refractivity contribution >= 4 is 27.5 Å². The highest BCUT2D eigenvalue weighted by Crippen LogP contribution is 2.33. The SMILES string of the molecule is CC(C)CN(C[C@H](O)COc1cccc2[nH]c3ccccc3c12)c1ccc(Oc2ccc(C#N)cn2)cc1. The van der Waals surface area contributed by atoms with Crippen LogP contribution in [0.4, 0.5) is 5.69 Å². The summed E-state index contributed by atoms with van der Waals surface area (Å²) in [5, 5.41) is 22.0. The molecule has 0 aliphatic rings. The van der Waals surface area contributed by atoms with Gasteiger partial charge in [0.05, 0.1) is 11.1 Å². The summed E-state index contributed by atoms with van der Waals surface area (Å²) in [5.41, 5.74) is 3.54. The van der Waals surface area contributed by atoms with Gasteiger partial charge in [0.25, 0.3) is 0 Å². The highest BCUT2D eigenvalue weighted by Gasteiger charge is 2.17. The van der Waals surface area contributed by atoms with E-state index in [9.17, 15) is 5.11 Å². The first-order valence-corrected chi connectivity index (χ1v) is 12.7. The van der Waals surface area contributed by atoms with Gasteiger partial charge in [0.1, 0.15) is 30.3 Å². The molecule has 7 nitrogen and oxygen atoms in total. The largest absolute Gasteiger partial charge is 0.490 e. The minimum absolute atomic E-state index is 0.179. The Bertz CT molecular complexity index is 1550. The topological polar surface area (TPSA) is 94.4 Å². The van der Waals surface area contributed by atoms with Crippen molar-refractivity contribution in [3.63, 3.8) is 0 Å². The Labute approximate surface area is 221 Å². The standard InChI is InChI=1S/C31H30N4O3/c1-21(2)18-35(23-11-13-25(14-12-23)38-30-15-10-22(16-32)17-33-30)19-24(36)20-37-29-9-5-8-28-31(29)26-6-3-4-7-27(26)34-28/h3-15,17,21,24,34,36H,18-20H2,1-2H3/t24-/m0/s1. The van der Waals surface area contributed by atoms with Crippen LogP contribution in [0.15, 0.2) is 85.1 Å². The van der Waals surface area contributed by atoms with Crippen LogP contribution in [0.3, 0.4) is 0 Å². The Morgan fingerprint density at radius 2 is 1.74 bits per heavy atom. The summed E-state index contributed by atoms with van der Waals surface area (Å²) >= 11 is 0. The molecule has 7 heteroatoms. The molecule has 0 amide bonds. The number of aromatic amines is 1. The van der Waals surface area contributed by atoms with Crippen molar-refractivity contribution in [1.82, 2.24) is 9.97 Å². The minimum Gasteiger partial charge on any atom is -0.490 e. The van der Waals surface area contributed by atoms with Gasteiger partial charge in [-0.25, -0.2) is 4.98 Å². The summed E-state index contributed by atoms with van der Waals surface area (Å²) in [4.78, 5) is 9.74. The highest BCUT2D eigenvalue weighted by molar-refractivity contribution is 6.10. The maximum atomic E-state index is 11.0. The molecular formula is C31H30N4O3. The lowest BCUT2D eigenvalue weighted by molar-refractivity contribution is 0.112. The van der Waals surface area contributed by atoms with E-state index in [1.165, 1.54) is 6.20 Å². The van der Waals surface area contributed by atoms with Crippen LogP contribution in [0, 0.1) is 17.2 Å². The van der Waals surface area contributed by atoms with Gasteiger partial charge in [-0.2, -0.15) is 5.26 Å². The fraction of sp³-hybridized carbons (Fsp3) is 0.226. The van der Waals surface area contributed by atoms with Crippen molar-refractivity contribution in [3.05, 3.63) is 90.6 Å². The minimum atomic E-state index is -0.687. The van der Waals surface area contributed by atoms with Crippen LogP contribution in [0.5, 0.6) is 17.4 Å². The quantitative estimate of drug-likeness (QED) is 0.231. The zero-order chi connectivity index (χ0) is 26.5. The summed E-state index contributed by atoms with van der Waals surface area (Å²) in [6, 6.07) is 27.2. The summed E-state index contributed by atoms with van der Waals surface area (Å²) in [5.74, 6) is 2.23. The van der Waals surface area contributed by atoms with Crippen molar-refractivity contribution in [2.75, 3.05) is 24.6 Å². The Morgan fingerprint density at radius 1 is 0.947 bits per heavy atom. The second-order valence-electron chi connectivity index (χ2n) is 9.71. The van der Waals surface area contributed by atoms with Gasteiger partial charge in [-0.3, -0.25) is 0 Å². The number of nitrogens with zero attached hydrogens (tertiary/aromatic N) is 3. The fourth-order valence-electron chi connectivity index (χ4n) is 4.56. The van der Waals surface area contributed by atoms with Crippen molar-refractivity contribution in [3.8, 4) is 23.4 Å². The number of ether oxygens (including phenoxy) is 2. The molecule has 1 atom stereocenters. The van der Waals surface area contributed by atoms with Crippen LogP contribution in [0.1, 0.15) is 19.4 Å². The van der Waals surface area contributed by atoms with Gasteiger partial charge in [-0.1, -0.05) is 38.1 Å². The number of aliphatic hydroxyl groups is 1. The Balaban J connectivity index is 1.26. The Hall–Kier alpha value is -4.54. The maximum Gasteiger partial charge on any atom is 0.219 e. The van der Waals surface area contributed by atoms with E-state index in [2.05, 4.69) is 40.8 Å². The highest BCUT2D eigenvalue weighted by atomic mass is 16.5. The predicted octanol–water partition coefficient (Wildman–Crippen LogP) is 6.28. The second-order valence-corrected chi connectivity index (χ2v) is 9.71. The number of para-hydroxylation sites is 1. The molecule has 3 aromatic carbocycles. The van der Waals surface area contributed by atoms with Crippen LogP contribution in [0.25, 0.3) is 21.8 Å². The third-order valence-electron chi connectivity index (χ3n) is 6.23. The van der Waals surface area contributed by atoms with Crippen LogP contribution in [0.2, 0.25) is 0 Å². The third kappa shape index (κ3) is 5.72. The smallest absolute Gasteiger partial charge is 0.219 e. The number of nitriles is 1. The summed E-state index contributed by atoms with van der Waals surface area (Å²) in [7, 11) is 0. The molecular weight excluding hydrogens is 476 g/mol. The Morgan fingerprint density at radius 3 is 2.47 bits per heavy atom. The number of aliphatic hydroxyl groups excluding tert-OH is 1. The average Bonchev–Trinajstić information content (AvgIpc) is 3.31. The van der Waals surface area contributed by atoms with E-state index in [1.54, 1.807) is 12.1 Å². The van der Waals surface area contributed by atoms with Crippen LogP contribution in [-0.4, -0.2) is 40.9 Å². The molecule has 0 saturated heterocycles. The zero-order valence-corrected chi connectivity index (χ0v) is 21.5. The average molecular weight is 507 g/mol. The molecule has 0 radical (unpaired) electrons. The number of pyridine rings is 1. The third-order valence-corrected chi connectivity index (χ3v) is 6.23. The molecule has 38 heavy (non-hydrogen) atoms. The zero-order valence-electron chi connectivity index (χ0n) is 21.5. The number of H-pyrrole nitrogens is 1. The number of nitrogens with one attached hydrogen (secondary N) is 1. The molecule has 0 aliphatic carbocycles. The lowest BCUT2D eigenvalue weighted by Gasteiger charge is -2.29. The number of rotatable bonds is 10. The maximum absolute atomic E-state index is 11.0. The van der Waals surface area contributed by atoms with Gasteiger partial charge in [-0.05, 0) is 54.4 Å². The van der Waals surface area contributed by atoms with Crippen LogP contribution < -0.4 is 14.4 Å². The van der Waals surface area contributed by atoms with E-state index in [4.69, 9.17) is 14.7 Å². The number of hydrogen-bond acceptors (Lipinski definition) is 6. The monoisotopic (exact) mass is 506 g/mol. The molecule has 0 bridgehead atoms. The first-order chi connectivity index (χ1) is 18.5. The van der Waals surface area contributed by atoms with Gasteiger partial charge in [0, 0.05) is 47.3 Å². The molecule has 5 rings (SSSR count). The van der Waals surface area contributed by atoms with Gasteiger partial charge in [0.2, 0.25) is 5.88 Å². The van der Waals surface area contributed by atoms with E-state index in [-0.39, 0.29) is 6.61 Å². The number of benzene rings is 3. The molecule has 192 valence electrons. The molecule has 0 unspecified atom stereocenters. The van der Waals surface area contributed by atoms with Crippen molar-refractivity contribution in [2.45, 2.75) is 20.0 Å². The van der Waals surface area contributed by atoms with Crippen molar-refractivity contribution in [1.29, 1.82) is 5.26 Å². The molecule has 5 aromatic rings. The molecule has 0 spiro atoms. The molecule has 2 aromatic heterocycles. The summed E-state index contributed by atoms with van der Waals surface area (Å²) in [6.07, 6.45) is 0.796. The van der Waals surface area contributed by atoms with E-state index < -0.39 is 6.10 Å². The second kappa shape index (κ2) is 11.2. The van der Waals surface area contributed by atoms with Crippen molar-refractivity contribution in [2.24, 2.45) is 5.92 Å². The molecule has 2 N–H and O–H groups in total. The fourth-order valence-corrected chi connectivity index (χ4v) is 4.56. The van der Waals surface area contributed by atoms with E-state index >= 15 is 0 Å². The first-order valence-electron chi connectivity index (χ1n) is 12.7. The van der Waals surface area contributed by atoms with Crippen molar-refractivity contribution < 1.29 is 14.6 Å². The first kappa shape index (κ1) is 25.1. The Kier molecular flexibility index (Phi) is 7.43. The summed E-state index contributed by atoms with van der Waals surface area (Å²) < 4.78 is 12.0. The number of aromatic nitrogens is 2. The van der Waals surface area contributed by atoms with E-state index in [0.717, 1.165) is 39.8 Å². The van der Waals surface area contributed by atoms with E-state index in [1.807, 2.05) is 60.7 Å². The predicted molar refractivity (Wildman–Crippen MR) is 150 cm³/mol. The summed E-state index contributed by atoms with van der Waals surface area (Å²) in [6.45, 7) is 5.70. The lowest BCUT2D eigenvalue weighted by Crippen LogP contribution is -2.37. The van der Waals surface area contributed by atoms with Gasteiger partial charge in [-0.15, -0.1) is 0 Å². The molecule has 0 fully saturated rings. The number of anilines is 1. The molecule has 0 saturated carbocycles. The lowest BCUT2D eigenvalue weighted by atomic mass is 10.1. The molecule has 2 heterocycles. The molecule has 0 aliphatic heterocycles. The van der Waals surface area contributed by atoms with Crippen LogP contribution >= 0.6 is 0 Å². The van der Waals surface area contributed by atoms with Gasteiger partial charge < -0.3 is 24.5 Å². The normalized spacial score (nSPS) is 12.0. The van der Waals surface area contributed by atoms with Gasteiger partial charge in [0.15, 0.2) is 0 Å². The van der Waals surface area contributed by atoms with Gasteiger partial charge >= 0.3 is 0 Å².